The van der Waals surface area contributed by atoms with Crippen LogP contribution in [0.3, 0.4) is 0 Å². The number of amides is 1. The first-order valence-electron chi connectivity index (χ1n) is 9.18. The Hall–Kier alpha value is -4.38. The number of hydrazone groups is 1. The van der Waals surface area contributed by atoms with Crippen molar-refractivity contribution in [1.29, 1.82) is 0 Å². The van der Waals surface area contributed by atoms with E-state index in [2.05, 4.69) is 10.5 Å². The summed E-state index contributed by atoms with van der Waals surface area (Å²) in [6.07, 6.45) is 1.31. The normalized spacial score (nSPS) is 11.2. The van der Waals surface area contributed by atoms with Gasteiger partial charge in [0.1, 0.15) is 11.5 Å². The molecule has 10 nitrogen and oxygen atoms in total. The molecule has 2 heterocycles. The van der Waals surface area contributed by atoms with E-state index < -0.39 is 15.8 Å². The first-order chi connectivity index (χ1) is 15.3. The Morgan fingerprint density at radius 1 is 1.06 bits per heavy atom. The van der Waals surface area contributed by atoms with Gasteiger partial charge in [0.25, 0.3) is 17.3 Å². The van der Waals surface area contributed by atoms with Crippen LogP contribution < -0.4 is 5.43 Å². The minimum absolute atomic E-state index is 0.00459. The number of hydrogen-bond acceptors (Lipinski definition) is 8. The number of carbonyl (C=O) groups excluding carboxylic acids is 1. The Labute approximate surface area is 184 Å². The lowest BCUT2D eigenvalue weighted by molar-refractivity contribution is -0.385. The average Bonchev–Trinajstić information content (AvgIpc) is 3.40. The van der Waals surface area contributed by atoms with Crippen molar-refractivity contribution >= 4 is 44.9 Å². The van der Waals surface area contributed by atoms with E-state index >= 15 is 0 Å². The summed E-state index contributed by atoms with van der Waals surface area (Å²) in [4.78, 5) is 33.8. The first kappa shape index (κ1) is 20.9. The maximum atomic E-state index is 12.3. The zero-order valence-corrected chi connectivity index (χ0v) is 17.3. The second kappa shape index (κ2) is 8.40. The van der Waals surface area contributed by atoms with Crippen LogP contribution in [0.15, 0.2) is 64.1 Å². The molecular weight excluding hydrogens is 436 g/mol. The molecule has 2 aromatic carbocycles. The fraction of sp³-hybridized carbons (Fsp3) is 0.0476. The third-order valence-corrected chi connectivity index (χ3v) is 5.72. The SMILES string of the molecule is Cc1ccc(-c2ccc(/C=N\NC(=O)c3cc4cc([N+](=O)[O-])ccc4s3)o2)cc1[N+](=O)[O-]. The maximum absolute atomic E-state index is 12.3. The molecule has 0 unspecified atom stereocenters. The standard InChI is InChI=1S/C21H14N4O6S/c1-12-2-3-13(9-17(12)25(29)30)18-6-5-16(31-18)11-22-23-21(26)20-10-14-8-15(24(27)28)4-7-19(14)32-20/h2-11H,1H3,(H,23,26)/b22-11-. The van der Waals surface area contributed by atoms with Gasteiger partial charge in [0, 0.05) is 39.4 Å². The zero-order valence-electron chi connectivity index (χ0n) is 16.5. The van der Waals surface area contributed by atoms with Crippen molar-refractivity contribution in [3.63, 3.8) is 0 Å². The molecule has 1 N–H and O–H groups in total. The van der Waals surface area contributed by atoms with Crippen molar-refractivity contribution in [1.82, 2.24) is 5.43 Å². The Bertz CT molecular complexity index is 1400. The molecule has 160 valence electrons. The summed E-state index contributed by atoms with van der Waals surface area (Å²) >= 11 is 1.19. The minimum Gasteiger partial charge on any atom is -0.455 e. The quantitative estimate of drug-likeness (QED) is 0.247. The Balaban J connectivity index is 1.46. The van der Waals surface area contributed by atoms with Gasteiger partial charge in [-0.15, -0.1) is 11.3 Å². The van der Waals surface area contributed by atoms with Gasteiger partial charge in [-0.05, 0) is 31.2 Å². The molecule has 0 atom stereocenters. The van der Waals surface area contributed by atoms with Crippen molar-refractivity contribution in [3.8, 4) is 11.3 Å². The predicted octanol–water partition coefficient (Wildman–Crippen LogP) is 5.05. The van der Waals surface area contributed by atoms with Gasteiger partial charge in [-0.2, -0.15) is 5.10 Å². The van der Waals surface area contributed by atoms with E-state index in [0.29, 0.717) is 32.9 Å². The number of carbonyl (C=O) groups is 1. The lowest BCUT2D eigenvalue weighted by atomic mass is 10.1. The molecule has 0 saturated heterocycles. The van der Waals surface area contributed by atoms with Crippen molar-refractivity contribution in [2.24, 2.45) is 5.10 Å². The van der Waals surface area contributed by atoms with E-state index in [9.17, 15) is 25.0 Å². The Morgan fingerprint density at radius 2 is 1.88 bits per heavy atom. The minimum atomic E-state index is -0.492. The summed E-state index contributed by atoms with van der Waals surface area (Å²) in [6.45, 7) is 1.66. The molecule has 0 aliphatic rings. The molecule has 0 aliphatic carbocycles. The molecule has 0 saturated carbocycles. The summed E-state index contributed by atoms with van der Waals surface area (Å²) in [5.74, 6) is 0.300. The summed E-state index contributed by atoms with van der Waals surface area (Å²) < 4.78 is 6.37. The predicted molar refractivity (Wildman–Crippen MR) is 119 cm³/mol. The second-order valence-electron chi connectivity index (χ2n) is 6.75. The third-order valence-electron chi connectivity index (χ3n) is 4.61. The molecule has 0 aliphatic heterocycles. The van der Waals surface area contributed by atoms with Crippen LogP contribution in [-0.2, 0) is 0 Å². The Kier molecular flexibility index (Phi) is 5.48. The smallest absolute Gasteiger partial charge is 0.281 e. The van der Waals surface area contributed by atoms with Crippen LogP contribution in [0.4, 0.5) is 11.4 Å². The number of furan rings is 1. The van der Waals surface area contributed by atoms with Crippen molar-refractivity contribution in [3.05, 3.63) is 91.0 Å². The Morgan fingerprint density at radius 3 is 2.62 bits per heavy atom. The monoisotopic (exact) mass is 450 g/mol. The molecule has 0 fully saturated rings. The fourth-order valence-electron chi connectivity index (χ4n) is 3.00. The van der Waals surface area contributed by atoms with Crippen molar-refractivity contribution in [2.45, 2.75) is 6.92 Å². The molecule has 1 amide bonds. The molecular formula is C21H14N4O6S. The van der Waals surface area contributed by atoms with Crippen molar-refractivity contribution in [2.75, 3.05) is 0 Å². The number of hydrogen-bond donors (Lipinski definition) is 1. The highest BCUT2D eigenvalue weighted by molar-refractivity contribution is 7.20. The largest absolute Gasteiger partial charge is 0.455 e. The molecule has 4 rings (SSSR count). The average molecular weight is 450 g/mol. The highest BCUT2D eigenvalue weighted by Crippen LogP contribution is 2.29. The van der Waals surface area contributed by atoms with Gasteiger partial charge in [0.05, 0.1) is 20.9 Å². The summed E-state index contributed by atoms with van der Waals surface area (Å²) in [7, 11) is 0. The van der Waals surface area contributed by atoms with Gasteiger partial charge in [0.15, 0.2) is 0 Å². The molecule has 11 heteroatoms. The number of nitro benzene ring substituents is 2. The molecule has 32 heavy (non-hydrogen) atoms. The van der Waals surface area contributed by atoms with Crippen LogP contribution in [-0.4, -0.2) is 22.0 Å². The summed E-state index contributed by atoms with van der Waals surface area (Å²) in [5, 5.41) is 26.5. The topological polar surface area (TPSA) is 141 Å². The van der Waals surface area contributed by atoms with Crippen LogP contribution in [0.1, 0.15) is 21.0 Å². The van der Waals surface area contributed by atoms with Crippen LogP contribution in [0.5, 0.6) is 0 Å². The van der Waals surface area contributed by atoms with E-state index in [1.54, 1.807) is 43.3 Å². The van der Waals surface area contributed by atoms with Crippen LogP contribution in [0, 0.1) is 27.2 Å². The number of nitro groups is 2. The molecule has 0 spiro atoms. The van der Waals surface area contributed by atoms with E-state index in [4.69, 9.17) is 4.42 Å². The van der Waals surface area contributed by atoms with Gasteiger partial charge in [-0.1, -0.05) is 12.1 Å². The number of benzene rings is 2. The van der Waals surface area contributed by atoms with Crippen LogP contribution >= 0.6 is 11.3 Å². The number of aryl methyl sites for hydroxylation is 1. The highest BCUT2D eigenvalue weighted by atomic mass is 32.1. The second-order valence-corrected chi connectivity index (χ2v) is 7.83. The van der Waals surface area contributed by atoms with E-state index in [1.165, 1.54) is 35.8 Å². The molecule has 0 bridgehead atoms. The van der Waals surface area contributed by atoms with Gasteiger partial charge < -0.3 is 4.42 Å². The highest BCUT2D eigenvalue weighted by Gasteiger charge is 2.15. The fourth-order valence-corrected chi connectivity index (χ4v) is 3.94. The van der Waals surface area contributed by atoms with E-state index in [1.807, 2.05) is 0 Å². The van der Waals surface area contributed by atoms with E-state index in [-0.39, 0.29) is 11.4 Å². The van der Waals surface area contributed by atoms with Crippen LogP contribution in [0.2, 0.25) is 0 Å². The van der Waals surface area contributed by atoms with Crippen molar-refractivity contribution < 1.29 is 19.1 Å². The van der Waals surface area contributed by atoms with Gasteiger partial charge in [0.2, 0.25) is 0 Å². The lowest BCUT2D eigenvalue weighted by Gasteiger charge is -2.00. The maximum Gasteiger partial charge on any atom is 0.281 e. The molecule has 4 aromatic rings. The summed E-state index contributed by atoms with van der Waals surface area (Å²) in [6, 6.07) is 14.0. The number of rotatable bonds is 6. The third kappa shape index (κ3) is 4.23. The van der Waals surface area contributed by atoms with Gasteiger partial charge >= 0.3 is 0 Å². The van der Waals surface area contributed by atoms with E-state index in [0.717, 1.165) is 4.70 Å². The number of fused-ring (bicyclic) bond motifs is 1. The van der Waals surface area contributed by atoms with Gasteiger partial charge in [-0.3, -0.25) is 25.0 Å². The first-order valence-corrected chi connectivity index (χ1v) is 10.00. The number of nitrogens with zero attached hydrogens (tertiary/aromatic N) is 3. The summed E-state index contributed by atoms with van der Waals surface area (Å²) in [5.41, 5.74) is 3.42. The van der Waals surface area contributed by atoms with Gasteiger partial charge in [-0.25, -0.2) is 5.43 Å². The zero-order chi connectivity index (χ0) is 22.8. The molecule has 2 aromatic heterocycles. The lowest BCUT2D eigenvalue weighted by Crippen LogP contribution is -2.15. The number of thiophene rings is 1. The number of non-ortho nitro benzene ring substituents is 1. The molecule has 0 radical (unpaired) electrons. The van der Waals surface area contributed by atoms with Crippen LogP contribution in [0.25, 0.3) is 21.4 Å². The number of nitrogens with one attached hydrogen (secondary N) is 1.